The summed E-state index contributed by atoms with van der Waals surface area (Å²) in [5, 5.41) is 0. The minimum atomic E-state index is -0.0632. The van der Waals surface area contributed by atoms with E-state index in [4.69, 9.17) is 5.84 Å². The fourth-order valence-electron chi connectivity index (χ4n) is 2.02. The third-order valence-electron chi connectivity index (χ3n) is 3.33. The average molecular weight is 228 g/mol. The van der Waals surface area contributed by atoms with Crippen molar-refractivity contribution in [3.8, 4) is 0 Å². The van der Waals surface area contributed by atoms with Gasteiger partial charge in [0.1, 0.15) is 0 Å². The highest BCUT2D eigenvalue weighted by Crippen LogP contribution is 2.08. The van der Waals surface area contributed by atoms with Crippen LogP contribution < -0.4 is 11.3 Å². The molecule has 0 aromatic carbocycles. The first-order chi connectivity index (χ1) is 7.63. The Balaban J connectivity index is 2.07. The Bertz CT molecular complexity index is 222. The van der Waals surface area contributed by atoms with Crippen molar-refractivity contribution >= 4 is 5.91 Å². The van der Waals surface area contributed by atoms with Crippen LogP contribution in [0.4, 0.5) is 0 Å². The summed E-state index contributed by atoms with van der Waals surface area (Å²) in [6, 6.07) is 0.640. The molecule has 0 aromatic heterocycles. The second-order valence-electron chi connectivity index (χ2n) is 4.65. The predicted octanol–water partition coefficient (Wildman–Crippen LogP) is -0.217. The molecule has 16 heavy (non-hydrogen) atoms. The van der Waals surface area contributed by atoms with Crippen LogP contribution >= 0.6 is 0 Å². The van der Waals surface area contributed by atoms with Crippen LogP contribution in [0.25, 0.3) is 0 Å². The zero-order valence-electron chi connectivity index (χ0n) is 10.4. The third-order valence-corrected chi connectivity index (χ3v) is 3.33. The Hall–Kier alpha value is -0.650. The number of unbranched alkanes of at least 4 members (excludes halogenated alkanes) is 1. The number of nitrogens with zero attached hydrogens (tertiary/aromatic N) is 2. The van der Waals surface area contributed by atoms with Crippen LogP contribution in [0.15, 0.2) is 0 Å². The smallest absolute Gasteiger partial charge is 0.233 e. The molecule has 1 fully saturated rings. The highest BCUT2D eigenvalue weighted by atomic mass is 16.2. The van der Waals surface area contributed by atoms with Gasteiger partial charge in [-0.2, -0.15) is 0 Å². The van der Waals surface area contributed by atoms with E-state index in [1.54, 1.807) is 0 Å². The van der Waals surface area contributed by atoms with E-state index in [0.717, 1.165) is 39.0 Å². The van der Waals surface area contributed by atoms with Gasteiger partial charge in [-0.1, -0.05) is 0 Å². The first kappa shape index (κ1) is 13.4. The van der Waals surface area contributed by atoms with Crippen LogP contribution in [0.1, 0.15) is 26.2 Å². The molecule has 0 radical (unpaired) electrons. The molecular formula is C11H24N4O. The molecule has 1 heterocycles. The van der Waals surface area contributed by atoms with Gasteiger partial charge < -0.3 is 9.80 Å². The number of hydrazine groups is 1. The second kappa shape index (κ2) is 6.83. The van der Waals surface area contributed by atoms with E-state index in [2.05, 4.69) is 29.2 Å². The second-order valence-corrected chi connectivity index (χ2v) is 4.65. The minimum Gasteiger partial charge on any atom is -0.301 e. The van der Waals surface area contributed by atoms with Gasteiger partial charge in [-0.3, -0.25) is 10.2 Å². The fraction of sp³-hybridized carbons (Fsp3) is 0.909. The number of amides is 1. The molecule has 5 heteroatoms. The van der Waals surface area contributed by atoms with Crippen molar-refractivity contribution < 1.29 is 4.79 Å². The minimum absolute atomic E-state index is 0.0632. The van der Waals surface area contributed by atoms with Crippen molar-refractivity contribution in [3.63, 3.8) is 0 Å². The standard InChI is InChI=1S/C11H24N4O/c1-10-9-15(8-7-14(10)2)6-4-3-5-11(16)13-12/h10H,3-9,12H2,1-2H3,(H,13,16). The van der Waals surface area contributed by atoms with Crippen LogP contribution in [0.5, 0.6) is 0 Å². The SMILES string of the molecule is CC1CN(CCCCC(=O)NN)CCN1C. The molecule has 94 valence electrons. The molecule has 3 N–H and O–H groups in total. The largest absolute Gasteiger partial charge is 0.301 e. The summed E-state index contributed by atoms with van der Waals surface area (Å²) in [5.74, 6) is 4.95. The highest BCUT2D eigenvalue weighted by Gasteiger charge is 2.19. The maximum atomic E-state index is 10.9. The first-order valence-corrected chi connectivity index (χ1v) is 6.05. The molecule has 0 aliphatic carbocycles. The number of carbonyl (C=O) groups excluding carboxylic acids is 1. The summed E-state index contributed by atoms with van der Waals surface area (Å²) < 4.78 is 0. The highest BCUT2D eigenvalue weighted by molar-refractivity contribution is 5.75. The maximum Gasteiger partial charge on any atom is 0.233 e. The van der Waals surface area contributed by atoms with Crippen molar-refractivity contribution in [2.24, 2.45) is 5.84 Å². The normalized spacial score (nSPS) is 23.3. The molecule has 1 saturated heterocycles. The zero-order valence-corrected chi connectivity index (χ0v) is 10.4. The lowest BCUT2D eigenvalue weighted by Crippen LogP contribution is -2.50. The number of rotatable bonds is 5. The summed E-state index contributed by atoms with van der Waals surface area (Å²) in [6.07, 6.45) is 2.54. The average Bonchev–Trinajstić information content (AvgIpc) is 2.28. The van der Waals surface area contributed by atoms with Gasteiger partial charge in [0.05, 0.1) is 0 Å². The molecule has 1 aliphatic heterocycles. The molecule has 1 rings (SSSR count). The van der Waals surface area contributed by atoms with E-state index < -0.39 is 0 Å². The van der Waals surface area contributed by atoms with Crippen molar-refractivity contribution in [3.05, 3.63) is 0 Å². The van der Waals surface area contributed by atoms with Crippen LogP contribution in [0.3, 0.4) is 0 Å². The number of carbonyl (C=O) groups is 1. The summed E-state index contributed by atoms with van der Waals surface area (Å²) in [5.41, 5.74) is 2.16. The van der Waals surface area contributed by atoms with Crippen molar-refractivity contribution in [2.75, 3.05) is 33.2 Å². The summed E-state index contributed by atoms with van der Waals surface area (Å²) >= 11 is 0. The van der Waals surface area contributed by atoms with Crippen LogP contribution in [-0.4, -0.2) is 55.0 Å². The Morgan fingerprint density at radius 3 is 2.81 bits per heavy atom. The van der Waals surface area contributed by atoms with E-state index in [1.165, 1.54) is 0 Å². The summed E-state index contributed by atoms with van der Waals surface area (Å²) in [4.78, 5) is 15.8. The Morgan fingerprint density at radius 2 is 2.19 bits per heavy atom. The topological polar surface area (TPSA) is 61.6 Å². The Kier molecular flexibility index (Phi) is 5.73. The van der Waals surface area contributed by atoms with Gasteiger partial charge in [0.2, 0.25) is 5.91 Å². The van der Waals surface area contributed by atoms with Gasteiger partial charge >= 0.3 is 0 Å². The zero-order chi connectivity index (χ0) is 12.0. The van der Waals surface area contributed by atoms with Gasteiger partial charge in [-0.25, -0.2) is 5.84 Å². The van der Waals surface area contributed by atoms with Crippen molar-refractivity contribution in [2.45, 2.75) is 32.2 Å². The van der Waals surface area contributed by atoms with E-state index in [0.29, 0.717) is 12.5 Å². The number of hydrogen-bond acceptors (Lipinski definition) is 4. The van der Waals surface area contributed by atoms with Gasteiger partial charge in [-0.15, -0.1) is 0 Å². The number of piperazine rings is 1. The molecule has 0 saturated carbocycles. The molecule has 5 nitrogen and oxygen atoms in total. The lowest BCUT2D eigenvalue weighted by molar-refractivity contribution is -0.121. The number of nitrogens with one attached hydrogen (secondary N) is 1. The Labute approximate surface area is 97.9 Å². The van der Waals surface area contributed by atoms with Crippen molar-refractivity contribution in [1.82, 2.24) is 15.2 Å². The molecule has 0 aromatic rings. The van der Waals surface area contributed by atoms with E-state index in [9.17, 15) is 4.79 Å². The van der Waals surface area contributed by atoms with E-state index >= 15 is 0 Å². The van der Waals surface area contributed by atoms with Crippen LogP contribution in [0.2, 0.25) is 0 Å². The van der Waals surface area contributed by atoms with Crippen molar-refractivity contribution in [1.29, 1.82) is 0 Å². The van der Waals surface area contributed by atoms with Gasteiger partial charge in [0, 0.05) is 32.1 Å². The third kappa shape index (κ3) is 4.47. The maximum absolute atomic E-state index is 10.9. The lowest BCUT2D eigenvalue weighted by Gasteiger charge is -2.37. The van der Waals surface area contributed by atoms with Crippen LogP contribution in [0, 0.1) is 0 Å². The molecule has 0 spiro atoms. The monoisotopic (exact) mass is 228 g/mol. The number of hydrogen-bond donors (Lipinski definition) is 2. The Morgan fingerprint density at radius 1 is 1.44 bits per heavy atom. The molecular weight excluding hydrogens is 204 g/mol. The van der Waals surface area contributed by atoms with Gasteiger partial charge in [0.15, 0.2) is 0 Å². The van der Waals surface area contributed by atoms with Crippen LogP contribution in [-0.2, 0) is 4.79 Å². The van der Waals surface area contributed by atoms with E-state index in [-0.39, 0.29) is 5.91 Å². The van der Waals surface area contributed by atoms with E-state index in [1.807, 2.05) is 0 Å². The van der Waals surface area contributed by atoms with Gasteiger partial charge in [0.25, 0.3) is 0 Å². The first-order valence-electron chi connectivity index (χ1n) is 6.05. The molecule has 1 atom stereocenters. The molecule has 1 aliphatic rings. The predicted molar refractivity (Wildman–Crippen MR) is 64.7 cm³/mol. The van der Waals surface area contributed by atoms with Gasteiger partial charge in [-0.05, 0) is 33.4 Å². The summed E-state index contributed by atoms with van der Waals surface area (Å²) in [6.45, 7) is 6.78. The summed E-state index contributed by atoms with van der Waals surface area (Å²) in [7, 11) is 2.17. The molecule has 1 amide bonds. The number of nitrogens with two attached hydrogens (primary N) is 1. The molecule has 0 bridgehead atoms. The fourth-order valence-corrected chi connectivity index (χ4v) is 2.02. The number of likely N-dealkylation sites (N-methyl/N-ethyl adjacent to an activating group) is 1. The lowest BCUT2D eigenvalue weighted by atomic mass is 10.1. The molecule has 1 unspecified atom stereocenters. The quantitative estimate of drug-likeness (QED) is 0.296.